The first-order chi connectivity index (χ1) is 14.5. The van der Waals surface area contributed by atoms with Crippen LogP contribution in [0.2, 0.25) is 0 Å². The van der Waals surface area contributed by atoms with Gasteiger partial charge in [0, 0.05) is 28.8 Å². The minimum atomic E-state index is -0.889. The van der Waals surface area contributed by atoms with Gasteiger partial charge in [0.05, 0.1) is 10.5 Å². The van der Waals surface area contributed by atoms with Crippen molar-refractivity contribution in [2.75, 3.05) is 0 Å². The van der Waals surface area contributed by atoms with E-state index in [1.54, 1.807) is 30.3 Å². The van der Waals surface area contributed by atoms with Gasteiger partial charge >= 0.3 is 11.2 Å². The van der Waals surface area contributed by atoms with Crippen LogP contribution in [0.15, 0.2) is 53.3 Å². The van der Waals surface area contributed by atoms with Gasteiger partial charge in [-0.2, -0.15) is 4.52 Å². The maximum atomic E-state index is 14.7. The molecule has 30 heavy (non-hydrogen) atoms. The van der Waals surface area contributed by atoms with E-state index in [2.05, 4.69) is 10.1 Å². The lowest BCUT2D eigenvalue weighted by atomic mass is 10.0. The molecule has 2 heterocycles. The molecular formula is C21H14F2N4O3. The minimum Gasteiger partial charge on any atom is -0.293 e. The molecule has 1 saturated carbocycles. The zero-order valence-electron chi connectivity index (χ0n) is 15.4. The number of benzene rings is 2. The first kappa shape index (κ1) is 18.2. The lowest BCUT2D eigenvalue weighted by molar-refractivity contribution is -0.385. The third-order valence-corrected chi connectivity index (χ3v) is 5.20. The highest BCUT2D eigenvalue weighted by atomic mass is 19.1. The number of nitrogens with zero attached hydrogens (tertiary/aromatic N) is 3. The highest BCUT2D eigenvalue weighted by Crippen LogP contribution is 2.45. The quantitative estimate of drug-likeness (QED) is 0.400. The molecule has 4 aromatic rings. The van der Waals surface area contributed by atoms with E-state index in [0.29, 0.717) is 16.8 Å². The summed E-state index contributed by atoms with van der Waals surface area (Å²) in [6, 6.07) is 11.5. The fourth-order valence-electron chi connectivity index (χ4n) is 3.67. The molecule has 0 radical (unpaired) electrons. The van der Waals surface area contributed by atoms with Crippen LogP contribution in [0.3, 0.4) is 0 Å². The summed E-state index contributed by atoms with van der Waals surface area (Å²) in [4.78, 5) is 28.4. The number of aromatic amines is 1. The van der Waals surface area contributed by atoms with Gasteiger partial charge in [-0.05, 0) is 25.0 Å². The molecule has 0 saturated heterocycles. The van der Waals surface area contributed by atoms with Crippen LogP contribution in [-0.2, 0) is 0 Å². The molecule has 1 N–H and O–H groups in total. The Morgan fingerprint density at radius 3 is 2.50 bits per heavy atom. The Kier molecular flexibility index (Phi) is 3.99. The number of nitro groups is 1. The van der Waals surface area contributed by atoms with Crippen molar-refractivity contribution in [1.82, 2.24) is 14.6 Å². The Balaban J connectivity index is 1.91. The van der Waals surface area contributed by atoms with Crippen LogP contribution >= 0.6 is 0 Å². The van der Waals surface area contributed by atoms with Gasteiger partial charge in [-0.15, -0.1) is 0 Å². The van der Waals surface area contributed by atoms with Crippen molar-refractivity contribution in [2.45, 2.75) is 18.8 Å². The molecule has 1 fully saturated rings. The van der Waals surface area contributed by atoms with E-state index in [-0.39, 0.29) is 22.8 Å². The third kappa shape index (κ3) is 2.78. The van der Waals surface area contributed by atoms with Gasteiger partial charge in [0.15, 0.2) is 11.3 Å². The van der Waals surface area contributed by atoms with Crippen LogP contribution in [-0.4, -0.2) is 19.5 Å². The second kappa shape index (κ2) is 6.58. The van der Waals surface area contributed by atoms with Gasteiger partial charge in [0.25, 0.3) is 0 Å². The molecule has 0 atom stereocenters. The molecule has 1 aliphatic carbocycles. The summed E-state index contributed by atoms with van der Waals surface area (Å²) < 4.78 is 29.1. The molecule has 150 valence electrons. The monoisotopic (exact) mass is 408 g/mol. The lowest BCUT2D eigenvalue weighted by Gasteiger charge is -2.06. The summed E-state index contributed by atoms with van der Waals surface area (Å²) in [7, 11) is 0. The van der Waals surface area contributed by atoms with Crippen molar-refractivity contribution in [3.05, 3.63) is 86.3 Å². The molecule has 7 nitrogen and oxygen atoms in total. The summed E-state index contributed by atoms with van der Waals surface area (Å²) in [5.74, 6) is -1.48. The van der Waals surface area contributed by atoms with E-state index in [9.17, 15) is 23.7 Å². The first-order valence-electron chi connectivity index (χ1n) is 9.29. The SMILES string of the molecule is O=c1c([N+](=O)[O-])c(-c2ccccc2)nc2c(-c3ccc(F)cc3F)c(C3CC3)[nH]n12. The van der Waals surface area contributed by atoms with Crippen molar-refractivity contribution < 1.29 is 13.7 Å². The molecule has 0 unspecified atom stereocenters. The van der Waals surface area contributed by atoms with Crippen molar-refractivity contribution in [1.29, 1.82) is 0 Å². The first-order valence-corrected chi connectivity index (χ1v) is 9.29. The number of rotatable bonds is 4. The highest BCUT2D eigenvalue weighted by Gasteiger charge is 2.34. The number of hydrogen-bond donors (Lipinski definition) is 1. The summed E-state index contributed by atoms with van der Waals surface area (Å²) in [6.45, 7) is 0. The van der Waals surface area contributed by atoms with Crippen molar-refractivity contribution in [2.24, 2.45) is 0 Å². The van der Waals surface area contributed by atoms with Gasteiger partial charge < -0.3 is 0 Å². The number of aromatic nitrogens is 3. The van der Waals surface area contributed by atoms with E-state index >= 15 is 0 Å². The predicted molar refractivity (Wildman–Crippen MR) is 105 cm³/mol. The zero-order valence-corrected chi connectivity index (χ0v) is 15.4. The molecule has 9 heteroatoms. The summed E-state index contributed by atoms with van der Waals surface area (Å²) in [5.41, 5.74) is -0.246. The molecule has 2 aromatic carbocycles. The fraction of sp³-hybridized carbons (Fsp3) is 0.143. The number of hydrogen-bond acceptors (Lipinski definition) is 4. The Hall–Kier alpha value is -3.88. The summed E-state index contributed by atoms with van der Waals surface area (Å²) in [6.07, 6.45) is 1.65. The Bertz CT molecular complexity index is 1370. The summed E-state index contributed by atoms with van der Waals surface area (Å²) in [5, 5.41) is 14.6. The van der Waals surface area contributed by atoms with E-state index < -0.39 is 27.8 Å². The Morgan fingerprint density at radius 2 is 1.87 bits per heavy atom. The standard InChI is InChI=1S/C21H14F2N4O3/c22-13-8-9-14(15(23)10-13)16-17(12-6-7-12)25-26-20(16)24-18(11-4-2-1-3-5-11)19(21(26)28)27(29)30/h1-5,8-10,12,25H,6-7H2. The molecule has 5 rings (SSSR count). The molecule has 0 amide bonds. The molecular weight excluding hydrogens is 394 g/mol. The van der Waals surface area contributed by atoms with Crippen LogP contribution in [0.25, 0.3) is 28.0 Å². The van der Waals surface area contributed by atoms with Crippen molar-refractivity contribution in [3.8, 4) is 22.4 Å². The van der Waals surface area contributed by atoms with E-state index in [0.717, 1.165) is 29.5 Å². The summed E-state index contributed by atoms with van der Waals surface area (Å²) >= 11 is 0. The van der Waals surface area contributed by atoms with Crippen molar-refractivity contribution in [3.63, 3.8) is 0 Å². The van der Waals surface area contributed by atoms with Crippen LogP contribution < -0.4 is 5.56 Å². The number of fused-ring (bicyclic) bond motifs is 1. The van der Waals surface area contributed by atoms with Gasteiger partial charge in [0.1, 0.15) is 11.6 Å². The largest absolute Gasteiger partial charge is 0.361 e. The lowest BCUT2D eigenvalue weighted by Crippen LogP contribution is -2.20. The van der Waals surface area contributed by atoms with Gasteiger partial charge in [-0.3, -0.25) is 20.0 Å². The van der Waals surface area contributed by atoms with Crippen LogP contribution in [0.4, 0.5) is 14.5 Å². The second-order valence-electron chi connectivity index (χ2n) is 7.20. The Labute approximate surface area is 167 Å². The molecule has 0 bridgehead atoms. The van der Waals surface area contributed by atoms with Crippen LogP contribution in [0.5, 0.6) is 0 Å². The van der Waals surface area contributed by atoms with Crippen LogP contribution in [0, 0.1) is 21.7 Å². The van der Waals surface area contributed by atoms with Gasteiger partial charge in [0.2, 0.25) is 0 Å². The van der Waals surface area contributed by atoms with Crippen LogP contribution in [0.1, 0.15) is 24.5 Å². The molecule has 0 spiro atoms. The third-order valence-electron chi connectivity index (χ3n) is 5.20. The number of nitrogens with one attached hydrogen (secondary N) is 1. The maximum Gasteiger partial charge on any atom is 0.361 e. The van der Waals surface area contributed by atoms with E-state index in [1.807, 2.05) is 0 Å². The number of H-pyrrole nitrogens is 1. The maximum absolute atomic E-state index is 14.7. The predicted octanol–water partition coefficient (Wildman–Crippen LogP) is 4.42. The molecule has 1 aliphatic rings. The van der Waals surface area contributed by atoms with E-state index in [1.165, 1.54) is 6.07 Å². The Morgan fingerprint density at radius 1 is 1.13 bits per heavy atom. The average Bonchev–Trinajstić information content (AvgIpc) is 3.49. The average molecular weight is 408 g/mol. The molecule has 2 aromatic heterocycles. The highest BCUT2D eigenvalue weighted by molar-refractivity contribution is 5.83. The smallest absolute Gasteiger partial charge is 0.293 e. The van der Waals surface area contributed by atoms with Gasteiger partial charge in [-0.1, -0.05) is 30.3 Å². The zero-order chi connectivity index (χ0) is 21.0. The van der Waals surface area contributed by atoms with Gasteiger partial charge in [-0.25, -0.2) is 13.8 Å². The fourth-order valence-corrected chi connectivity index (χ4v) is 3.67. The number of halogens is 2. The van der Waals surface area contributed by atoms with E-state index in [4.69, 9.17) is 0 Å². The minimum absolute atomic E-state index is 0.0461. The normalized spacial score (nSPS) is 13.7. The molecule has 0 aliphatic heterocycles. The second-order valence-corrected chi connectivity index (χ2v) is 7.20. The van der Waals surface area contributed by atoms with Crippen molar-refractivity contribution >= 4 is 11.3 Å². The topological polar surface area (TPSA) is 93.3 Å².